The van der Waals surface area contributed by atoms with Crippen LogP contribution in [0.3, 0.4) is 0 Å². The Balaban J connectivity index is 1.50. The van der Waals surface area contributed by atoms with E-state index in [-0.39, 0.29) is 50.8 Å². The van der Waals surface area contributed by atoms with Crippen molar-refractivity contribution in [2.45, 2.75) is 94.0 Å². The number of oxime groups is 1. The maximum Gasteiger partial charge on any atom is 0.410 e. The van der Waals surface area contributed by atoms with Gasteiger partial charge in [0.2, 0.25) is 5.79 Å². The fourth-order valence-corrected chi connectivity index (χ4v) is 10.0. The summed E-state index contributed by atoms with van der Waals surface area (Å²) in [4.78, 5) is 23.5. The molecule has 1 saturated carbocycles. The largest absolute Gasteiger partial charge is 0.493 e. The predicted molar refractivity (Wildman–Crippen MR) is 242 cm³/mol. The fraction of sp³-hybridized carbons (Fsp3) is 0.480. The summed E-state index contributed by atoms with van der Waals surface area (Å²) in [5, 5.41) is 24.8. The molecule has 2 N–H and O–H groups in total. The molecule has 0 spiro atoms. The second-order valence-electron chi connectivity index (χ2n) is 15.9. The number of carbonyl (C=O) groups is 1. The molecule has 6 atom stereocenters. The molecule has 61 heavy (non-hydrogen) atoms. The van der Waals surface area contributed by atoms with E-state index in [1.54, 1.807) is 28.8 Å². The topological polar surface area (TPSA) is 119 Å². The minimum absolute atomic E-state index is 0.0987. The highest BCUT2D eigenvalue weighted by Crippen LogP contribution is 2.62. The van der Waals surface area contributed by atoms with Crippen molar-refractivity contribution < 1.29 is 38.8 Å². The average molecular weight is 853 g/mol. The number of aliphatic hydroxyl groups is 2. The van der Waals surface area contributed by atoms with E-state index >= 15 is 0 Å². The molecule has 2 aliphatic carbocycles. The lowest BCUT2D eigenvalue weighted by atomic mass is 9.55. The third kappa shape index (κ3) is 11.5. The summed E-state index contributed by atoms with van der Waals surface area (Å²) in [6.45, 7) is 11.7. The molecule has 10 nitrogen and oxygen atoms in total. The second-order valence-corrected chi connectivity index (χ2v) is 17.1. The van der Waals surface area contributed by atoms with Crippen molar-refractivity contribution in [3.8, 4) is 11.5 Å². The van der Waals surface area contributed by atoms with Crippen molar-refractivity contribution in [2.75, 3.05) is 45.3 Å². The lowest BCUT2D eigenvalue weighted by Crippen LogP contribution is -2.70. The van der Waals surface area contributed by atoms with Gasteiger partial charge in [-0.15, -0.1) is 24.9 Å². The number of allylic oxidation sites excluding steroid dienone is 1. The number of aliphatic hydroxyl groups excluding tert-OH is 2. The molecule has 6 unspecified atom stereocenters. The molecular formula is C50H64N2O8S. The molecule has 0 saturated heterocycles. The number of unbranched alkanes of at least 4 members (excludes halogenated alkanes) is 2. The molecule has 1 aliphatic heterocycles. The first kappa shape index (κ1) is 46.0. The van der Waals surface area contributed by atoms with E-state index in [4.69, 9.17) is 28.9 Å². The molecule has 1 amide bonds. The van der Waals surface area contributed by atoms with Crippen LogP contribution in [0.5, 0.6) is 11.5 Å². The van der Waals surface area contributed by atoms with Crippen molar-refractivity contribution in [3.63, 3.8) is 0 Å². The monoisotopic (exact) mass is 852 g/mol. The van der Waals surface area contributed by atoms with Crippen LogP contribution in [0.2, 0.25) is 0 Å². The Morgan fingerprint density at radius 3 is 2.44 bits per heavy atom. The van der Waals surface area contributed by atoms with Gasteiger partial charge in [-0.25, -0.2) is 4.79 Å². The Hall–Kier alpha value is -4.55. The quantitative estimate of drug-likeness (QED) is 0.0372. The molecule has 1 heterocycles. The molecule has 0 radical (unpaired) electrons. The van der Waals surface area contributed by atoms with Gasteiger partial charge in [0.05, 0.1) is 31.5 Å². The number of benzene rings is 3. The fourth-order valence-electron chi connectivity index (χ4n) is 9.26. The van der Waals surface area contributed by atoms with Crippen LogP contribution in [0.4, 0.5) is 4.79 Å². The highest BCUT2D eigenvalue weighted by atomic mass is 32.2. The number of fused-ring (bicyclic) bond motifs is 2. The average Bonchev–Trinajstić information content (AvgIpc) is 3.28. The summed E-state index contributed by atoms with van der Waals surface area (Å²) in [5.74, 6) is 0.495. The first-order valence-electron chi connectivity index (χ1n) is 22.1. The van der Waals surface area contributed by atoms with Gasteiger partial charge in [-0.1, -0.05) is 91.7 Å². The molecule has 3 aromatic rings. The van der Waals surface area contributed by atoms with E-state index in [9.17, 15) is 15.0 Å². The summed E-state index contributed by atoms with van der Waals surface area (Å²) in [6, 6.07) is 25.7. The Morgan fingerprint density at radius 2 is 1.72 bits per heavy atom. The van der Waals surface area contributed by atoms with Crippen LogP contribution in [0, 0.1) is 17.8 Å². The molecule has 11 heteroatoms. The Kier molecular flexibility index (Phi) is 17.8. The third-order valence-corrected chi connectivity index (χ3v) is 12.9. The molecule has 3 aromatic carbocycles. The van der Waals surface area contributed by atoms with Gasteiger partial charge in [0.25, 0.3) is 0 Å². The maximum absolute atomic E-state index is 14.3. The molecular weight excluding hydrogens is 789 g/mol. The van der Waals surface area contributed by atoms with Crippen LogP contribution in [0.1, 0.15) is 81.8 Å². The van der Waals surface area contributed by atoms with Crippen LogP contribution in [-0.4, -0.2) is 84.1 Å². The standard InChI is InChI=1S/C50H64N2O8S/c1-4-7-30-57-49(55)52(26-5-2)46-35-44(51-59-36-37-18-10-8-11-19-37)42-33-38(20-14-16-27-53)41(23-15-17-28-54)47-43-34-39(56-31-32-61-40-21-12-9-13-22-40)24-25-45(43)60-50(46,48(42)47)58-29-6-3/h4,6,8-13,18-19,21-22,24-25,33-34,38,41,46-48,53-54H,1,3,5,7,14-17,20,23,26-32,35-36H2,2H3. The maximum atomic E-state index is 14.3. The Bertz CT molecular complexity index is 1910. The van der Waals surface area contributed by atoms with E-state index in [2.05, 4.69) is 37.4 Å². The number of hydrogen-bond donors (Lipinski definition) is 2. The van der Waals surface area contributed by atoms with Crippen LogP contribution in [-0.2, 0) is 20.9 Å². The SMILES string of the molecule is C=CCCOC(=O)N(CCC)C1CC(=NOCc2ccccc2)C2=CC(CCCCO)C(CCCCO)C3c4cc(OCCSc5ccccc5)ccc4OC1(OCC=C)C23. The van der Waals surface area contributed by atoms with E-state index in [0.29, 0.717) is 51.0 Å². The van der Waals surface area contributed by atoms with Crippen molar-refractivity contribution in [2.24, 2.45) is 22.9 Å². The van der Waals surface area contributed by atoms with Gasteiger partial charge in [-0.2, -0.15) is 0 Å². The summed E-state index contributed by atoms with van der Waals surface area (Å²) in [6.07, 6.45) is 11.6. The van der Waals surface area contributed by atoms with Gasteiger partial charge < -0.3 is 34.0 Å². The molecule has 6 rings (SSSR count). The van der Waals surface area contributed by atoms with Gasteiger partial charge in [-0.3, -0.25) is 4.90 Å². The number of thioether (sulfide) groups is 1. The highest BCUT2D eigenvalue weighted by Gasteiger charge is 2.65. The number of amides is 1. The van der Waals surface area contributed by atoms with E-state index in [1.807, 2.05) is 67.6 Å². The van der Waals surface area contributed by atoms with Crippen molar-refractivity contribution >= 4 is 23.6 Å². The molecule has 3 aliphatic rings. The number of rotatable bonds is 25. The Labute approximate surface area is 366 Å². The highest BCUT2D eigenvalue weighted by molar-refractivity contribution is 7.99. The van der Waals surface area contributed by atoms with Crippen LogP contribution < -0.4 is 9.47 Å². The molecule has 0 aromatic heterocycles. The number of carbonyl (C=O) groups excluding carboxylic acids is 1. The summed E-state index contributed by atoms with van der Waals surface area (Å²) in [7, 11) is 0. The Morgan fingerprint density at radius 1 is 0.967 bits per heavy atom. The lowest BCUT2D eigenvalue weighted by Gasteiger charge is -2.59. The van der Waals surface area contributed by atoms with Crippen molar-refractivity contribution in [1.29, 1.82) is 0 Å². The number of nitrogens with zero attached hydrogens (tertiary/aromatic N) is 2. The summed E-state index contributed by atoms with van der Waals surface area (Å²) >= 11 is 1.75. The lowest BCUT2D eigenvalue weighted by molar-refractivity contribution is -0.255. The smallest absolute Gasteiger partial charge is 0.410 e. The van der Waals surface area contributed by atoms with Crippen molar-refractivity contribution in [3.05, 3.63) is 127 Å². The molecule has 328 valence electrons. The zero-order valence-electron chi connectivity index (χ0n) is 35.7. The normalized spacial score (nSPS) is 23.2. The minimum Gasteiger partial charge on any atom is -0.493 e. The van der Waals surface area contributed by atoms with Crippen LogP contribution in [0.15, 0.2) is 126 Å². The number of hydrogen-bond acceptors (Lipinski definition) is 10. The first-order valence-corrected chi connectivity index (χ1v) is 23.1. The zero-order valence-corrected chi connectivity index (χ0v) is 36.5. The first-order chi connectivity index (χ1) is 30.0. The van der Waals surface area contributed by atoms with Crippen LogP contribution in [0.25, 0.3) is 0 Å². The second kappa shape index (κ2) is 23.6. The van der Waals surface area contributed by atoms with Crippen LogP contribution >= 0.6 is 11.8 Å². The predicted octanol–water partition coefficient (Wildman–Crippen LogP) is 10.1. The zero-order chi connectivity index (χ0) is 42.9. The third-order valence-electron chi connectivity index (χ3n) is 11.9. The van der Waals surface area contributed by atoms with Gasteiger partial charge >= 0.3 is 6.09 Å². The summed E-state index contributed by atoms with van der Waals surface area (Å²) < 4.78 is 26.8. The molecule has 0 bridgehead atoms. The molecule has 1 fully saturated rings. The number of ether oxygens (including phenoxy) is 4. The van der Waals surface area contributed by atoms with Gasteiger partial charge in [0, 0.05) is 48.3 Å². The minimum atomic E-state index is -1.36. The van der Waals surface area contributed by atoms with E-state index < -0.39 is 23.8 Å². The van der Waals surface area contributed by atoms with E-state index in [1.165, 1.54) is 4.90 Å². The van der Waals surface area contributed by atoms with Gasteiger partial charge in [0.1, 0.15) is 24.1 Å². The van der Waals surface area contributed by atoms with Gasteiger partial charge in [0.15, 0.2) is 0 Å². The van der Waals surface area contributed by atoms with Gasteiger partial charge in [-0.05, 0) is 91.8 Å². The van der Waals surface area contributed by atoms with E-state index in [0.717, 1.165) is 59.6 Å². The summed E-state index contributed by atoms with van der Waals surface area (Å²) in [5.41, 5.74) is 3.74. The van der Waals surface area contributed by atoms with Crippen molar-refractivity contribution in [1.82, 2.24) is 4.90 Å².